The van der Waals surface area contributed by atoms with Crippen molar-refractivity contribution in [1.29, 1.82) is 0 Å². The largest absolute Gasteiger partial charge is 0.463 e. The molecular formula is C36H45NO6S. The van der Waals surface area contributed by atoms with Crippen LogP contribution >= 0.6 is 0 Å². The summed E-state index contributed by atoms with van der Waals surface area (Å²) in [6.45, 7) is 5.41. The number of esters is 1. The summed E-state index contributed by atoms with van der Waals surface area (Å²) in [5.41, 5.74) is 2.14. The summed E-state index contributed by atoms with van der Waals surface area (Å²) in [6.07, 6.45) is 10.5. The van der Waals surface area contributed by atoms with E-state index in [0.717, 1.165) is 79.9 Å². The Hall–Kier alpha value is -3.04. The van der Waals surface area contributed by atoms with E-state index in [1.54, 1.807) is 23.4 Å². The van der Waals surface area contributed by atoms with Gasteiger partial charge < -0.3 is 14.2 Å². The first-order valence-electron chi connectivity index (χ1n) is 16.1. The fraction of sp³-hybridized carbons (Fsp3) is 0.472. The Bertz CT molecular complexity index is 1520. The third-order valence-corrected chi connectivity index (χ3v) is 10.5. The van der Waals surface area contributed by atoms with Crippen LogP contribution in [0.4, 0.5) is 0 Å². The highest BCUT2D eigenvalue weighted by molar-refractivity contribution is 7.89. The van der Waals surface area contributed by atoms with E-state index in [2.05, 4.69) is 0 Å². The van der Waals surface area contributed by atoms with Crippen LogP contribution < -0.4 is 0 Å². The van der Waals surface area contributed by atoms with Gasteiger partial charge in [-0.1, -0.05) is 91.9 Å². The maximum absolute atomic E-state index is 14.5. The van der Waals surface area contributed by atoms with Gasteiger partial charge in [-0.3, -0.25) is 0 Å². The average molecular weight is 620 g/mol. The van der Waals surface area contributed by atoms with Crippen molar-refractivity contribution in [2.45, 2.75) is 94.9 Å². The second-order valence-electron chi connectivity index (χ2n) is 11.8. The van der Waals surface area contributed by atoms with Crippen LogP contribution in [0, 0.1) is 6.92 Å². The van der Waals surface area contributed by atoms with Crippen LogP contribution in [0.2, 0.25) is 0 Å². The zero-order chi connectivity index (χ0) is 30.9. The Balaban J connectivity index is 1.37. The van der Waals surface area contributed by atoms with Crippen molar-refractivity contribution in [2.75, 3.05) is 19.8 Å². The van der Waals surface area contributed by atoms with E-state index in [1.165, 1.54) is 0 Å². The van der Waals surface area contributed by atoms with E-state index in [4.69, 9.17) is 14.2 Å². The first-order valence-corrected chi connectivity index (χ1v) is 17.5. The Morgan fingerprint density at radius 3 is 2.45 bits per heavy atom. The quantitative estimate of drug-likeness (QED) is 0.136. The van der Waals surface area contributed by atoms with Gasteiger partial charge >= 0.3 is 5.97 Å². The molecular weight excluding hydrogens is 574 g/mol. The number of sulfonamides is 1. The van der Waals surface area contributed by atoms with Crippen LogP contribution in [-0.4, -0.2) is 50.8 Å². The van der Waals surface area contributed by atoms with Gasteiger partial charge in [-0.2, -0.15) is 4.31 Å². The number of rotatable bonds is 14. The minimum atomic E-state index is -3.97. The van der Waals surface area contributed by atoms with Crippen molar-refractivity contribution in [3.63, 3.8) is 0 Å². The number of unbranched alkanes of at least 4 members (excludes halogenated alkanes) is 4. The molecule has 2 heterocycles. The van der Waals surface area contributed by atoms with Crippen molar-refractivity contribution >= 4 is 26.8 Å². The van der Waals surface area contributed by atoms with Crippen LogP contribution in [-0.2, 0) is 29.0 Å². The van der Waals surface area contributed by atoms with Gasteiger partial charge in [-0.25, -0.2) is 13.2 Å². The summed E-state index contributed by atoms with van der Waals surface area (Å²) < 4.78 is 47.5. The van der Waals surface area contributed by atoms with Gasteiger partial charge in [0.1, 0.15) is 0 Å². The minimum Gasteiger partial charge on any atom is -0.463 e. The standard InChI is InChI=1S/C36H45NO6S/c1-3-41-36(38)33-26-29(16-7-5-4-6-11-24-42-34-19-10-12-25-43-34)37(44(39,40)30-22-20-27(2)21-23-30)35(33)32-18-13-15-28-14-8-9-17-31(28)32/h8-9,13-15,17-18,20-23,26,29,34-35H,3-7,10-12,16,19,24-25H2,1-2H3/t29-,34?,35+/m0/s1. The molecule has 0 saturated carbocycles. The molecule has 5 rings (SSSR count). The molecule has 0 bridgehead atoms. The lowest BCUT2D eigenvalue weighted by molar-refractivity contribution is -0.162. The molecule has 0 amide bonds. The Kier molecular flexibility index (Phi) is 11.3. The van der Waals surface area contributed by atoms with Crippen molar-refractivity contribution in [3.05, 3.63) is 89.5 Å². The molecule has 44 heavy (non-hydrogen) atoms. The normalized spacial score (nSPS) is 21.0. The Labute approximate surface area is 262 Å². The summed E-state index contributed by atoms with van der Waals surface area (Å²) in [4.78, 5) is 13.6. The Morgan fingerprint density at radius 2 is 1.68 bits per heavy atom. The molecule has 2 aliphatic rings. The molecule has 0 aliphatic carbocycles. The van der Waals surface area contributed by atoms with Crippen molar-refractivity contribution in [2.24, 2.45) is 0 Å². The highest BCUT2D eigenvalue weighted by atomic mass is 32.2. The average Bonchev–Trinajstić information content (AvgIpc) is 3.43. The number of carbonyl (C=O) groups is 1. The van der Waals surface area contributed by atoms with E-state index >= 15 is 0 Å². The van der Waals surface area contributed by atoms with Gasteiger partial charge in [0.05, 0.1) is 23.1 Å². The molecule has 236 valence electrons. The molecule has 3 aromatic carbocycles. The SMILES string of the molecule is CCOC(=O)C1=C[C@H](CCCCCCCOC2CCCCO2)N(S(=O)(=O)c2ccc(C)cc2)[C@@H]1c1cccc2ccccc12. The van der Waals surface area contributed by atoms with Gasteiger partial charge in [-0.05, 0) is 74.4 Å². The summed E-state index contributed by atoms with van der Waals surface area (Å²) in [7, 11) is -3.97. The lowest BCUT2D eigenvalue weighted by Crippen LogP contribution is -2.39. The van der Waals surface area contributed by atoms with Crippen LogP contribution in [0.1, 0.15) is 81.9 Å². The van der Waals surface area contributed by atoms with E-state index in [1.807, 2.05) is 67.6 Å². The number of nitrogens with zero attached hydrogens (tertiary/aromatic N) is 1. The summed E-state index contributed by atoms with van der Waals surface area (Å²) in [5, 5.41) is 1.91. The van der Waals surface area contributed by atoms with E-state index in [-0.39, 0.29) is 17.8 Å². The maximum atomic E-state index is 14.5. The minimum absolute atomic E-state index is 0.0531. The lowest BCUT2D eigenvalue weighted by Gasteiger charge is -2.32. The number of hydrogen-bond acceptors (Lipinski definition) is 6. The van der Waals surface area contributed by atoms with Gasteiger partial charge in [0.15, 0.2) is 6.29 Å². The van der Waals surface area contributed by atoms with Crippen molar-refractivity contribution < 1.29 is 27.4 Å². The smallest absolute Gasteiger partial charge is 0.335 e. The fourth-order valence-electron chi connectivity index (χ4n) is 6.29. The van der Waals surface area contributed by atoms with Crippen LogP contribution in [0.25, 0.3) is 10.8 Å². The molecule has 8 heteroatoms. The van der Waals surface area contributed by atoms with Crippen LogP contribution in [0.5, 0.6) is 0 Å². The zero-order valence-electron chi connectivity index (χ0n) is 26.0. The fourth-order valence-corrected chi connectivity index (χ4v) is 8.04. The molecule has 1 unspecified atom stereocenters. The van der Waals surface area contributed by atoms with E-state index < -0.39 is 28.1 Å². The second kappa shape index (κ2) is 15.3. The Morgan fingerprint density at radius 1 is 0.932 bits per heavy atom. The number of carbonyl (C=O) groups excluding carboxylic acids is 1. The third kappa shape index (κ3) is 7.60. The van der Waals surface area contributed by atoms with E-state index in [9.17, 15) is 13.2 Å². The predicted octanol–water partition coefficient (Wildman–Crippen LogP) is 7.64. The maximum Gasteiger partial charge on any atom is 0.335 e. The highest BCUT2D eigenvalue weighted by Crippen LogP contribution is 2.44. The van der Waals surface area contributed by atoms with Crippen LogP contribution in [0.3, 0.4) is 0 Å². The number of ether oxygens (including phenoxy) is 3. The monoisotopic (exact) mass is 619 g/mol. The number of aryl methyl sites for hydroxylation is 1. The molecule has 3 atom stereocenters. The lowest BCUT2D eigenvalue weighted by atomic mass is 9.95. The molecule has 1 fully saturated rings. The second-order valence-corrected chi connectivity index (χ2v) is 13.6. The number of hydrogen-bond donors (Lipinski definition) is 0. The summed E-state index contributed by atoms with van der Waals surface area (Å²) in [6, 6.07) is 19.4. The molecule has 1 saturated heterocycles. The number of benzene rings is 3. The predicted molar refractivity (Wildman–Crippen MR) is 173 cm³/mol. The highest BCUT2D eigenvalue weighted by Gasteiger charge is 2.46. The molecule has 0 N–H and O–H groups in total. The number of fused-ring (bicyclic) bond motifs is 1. The first kappa shape index (κ1) is 32.4. The van der Waals surface area contributed by atoms with Gasteiger partial charge in [0, 0.05) is 19.3 Å². The summed E-state index contributed by atoms with van der Waals surface area (Å²) >= 11 is 0. The van der Waals surface area contributed by atoms with E-state index in [0.29, 0.717) is 18.6 Å². The van der Waals surface area contributed by atoms with Gasteiger partial charge in [-0.15, -0.1) is 0 Å². The molecule has 0 radical (unpaired) electrons. The first-order chi connectivity index (χ1) is 21.4. The topological polar surface area (TPSA) is 82.1 Å². The zero-order valence-corrected chi connectivity index (χ0v) is 26.8. The van der Waals surface area contributed by atoms with Crippen molar-refractivity contribution in [1.82, 2.24) is 4.31 Å². The van der Waals surface area contributed by atoms with Crippen molar-refractivity contribution in [3.8, 4) is 0 Å². The molecule has 0 spiro atoms. The third-order valence-electron chi connectivity index (χ3n) is 8.56. The van der Waals surface area contributed by atoms with Gasteiger partial charge in [0.25, 0.3) is 0 Å². The van der Waals surface area contributed by atoms with Crippen LogP contribution in [0.15, 0.2) is 83.3 Å². The molecule has 7 nitrogen and oxygen atoms in total. The molecule has 2 aliphatic heterocycles. The summed E-state index contributed by atoms with van der Waals surface area (Å²) in [5.74, 6) is -0.473. The molecule has 3 aromatic rings. The van der Waals surface area contributed by atoms with Gasteiger partial charge in [0.2, 0.25) is 10.0 Å². The molecule has 0 aromatic heterocycles.